The molecule has 0 unspecified atom stereocenters. The van der Waals surface area contributed by atoms with Crippen LogP contribution in [0.15, 0.2) is 30.5 Å². The number of aryl methyl sites for hydroxylation is 1. The molecule has 0 aliphatic carbocycles. The number of carbonyl (C=O) groups is 2. The van der Waals surface area contributed by atoms with E-state index in [0.29, 0.717) is 12.2 Å². The summed E-state index contributed by atoms with van der Waals surface area (Å²) >= 11 is 0. The minimum Gasteiger partial charge on any atom is -0.379 e. The van der Waals surface area contributed by atoms with Gasteiger partial charge in [0.15, 0.2) is 0 Å². The third-order valence-electron chi connectivity index (χ3n) is 2.90. The first-order valence-corrected chi connectivity index (χ1v) is 5.93. The molecule has 7 heteroatoms. The van der Waals surface area contributed by atoms with Crippen molar-refractivity contribution in [2.45, 2.75) is 6.54 Å². The summed E-state index contributed by atoms with van der Waals surface area (Å²) in [5, 5.41) is 7.15. The van der Waals surface area contributed by atoms with Crippen LogP contribution in [0, 0.1) is 0 Å². The Balaban J connectivity index is 2.24. The van der Waals surface area contributed by atoms with Crippen LogP contribution in [0.25, 0.3) is 0 Å². The van der Waals surface area contributed by atoms with Crippen molar-refractivity contribution in [1.82, 2.24) is 9.78 Å². The van der Waals surface area contributed by atoms with Gasteiger partial charge in [-0.1, -0.05) is 0 Å². The summed E-state index contributed by atoms with van der Waals surface area (Å²) < 4.78 is 1.72. The van der Waals surface area contributed by atoms with Gasteiger partial charge in [0.05, 0.1) is 12.2 Å². The fourth-order valence-electron chi connectivity index (χ4n) is 1.78. The van der Waals surface area contributed by atoms with Crippen molar-refractivity contribution < 1.29 is 9.59 Å². The number of benzene rings is 1. The molecule has 0 radical (unpaired) electrons. The monoisotopic (exact) mass is 273 g/mol. The van der Waals surface area contributed by atoms with Crippen molar-refractivity contribution in [3.8, 4) is 0 Å². The number of aromatic nitrogens is 2. The van der Waals surface area contributed by atoms with Crippen LogP contribution in [0.2, 0.25) is 0 Å². The van der Waals surface area contributed by atoms with Crippen LogP contribution in [0.4, 0.5) is 5.69 Å². The molecule has 0 aliphatic rings. The lowest BCUT2D eigenvalue weighted by Gasteiger charge is -2.09. The summed E-state index contributed by atoms with van der Waals surface area (Å²) in [6.45, 7) is 0.497. The first-order valence-electron chi connectivity index (χ1n) is 5.93. The van der Waals surface area contributed by atoms with Crippen LogP contribution in [-0.4, -0.2) is 21.6 Å². The fourth-order valence-corrected chi connectivity index (χ4v) is 1.78. The van der Waals surface area contributed by atoms with Gasteiger partial charge in [-0.2, -0.15) is 5.10 Å². The number of primary amides is 2. The molecule has 2 amide bonds. The van der Waals surface area contributed by atoms with Gasteiger partial charge in [-0.3, -0.25) is 14.3 Å². The van der Waals surface area contributed by atoms with E-state index in [1.54, 1.807) is 23.0 Å². The molecule has 1 heterocycles. The highest BCUT2D eigenvalue weighted by Crippen LogP contribution is 2.15. The Morgan fingerprint density at radius 2 is 1.80 bits per heavy atom. The third-order valence-corrected chi connectivity index (χ3v) is 2.90. The second-order valence-electron chi connectivity index (χ2n) is 4.33. The summed E-state index contributed by atoms with van der Waals surface area (Å²) in [5.41, 5.74) is 12.5. The lowest BCUT2D eigenvalue weighted by atomic mass is 10.1. The van der Waals surface area contributed by atoms with Crippen molar-refractivity contribution in [2.75, 3.05) is 5.32 Å². The van der Waals surface area contributed by atoms with Gasteiger partial charge >= 0.3 is 0 Å². The number of carbonyl (C=O) groups excluding carboxylic acids is 2. The average molecular weight is 273 g/mol. The van der Waals surface area contributed by atoms with Gasteiger partial charge < -0.3 is 16.8 Å². The smallest absolute Gasteiger partial charge is 0.248 e. The highest BCUT2D eigenvalue weighted by molar-refractivity contribution is 5.99. The summed E-state index contributed by atoms with van der Waals surface area (Å²) in [7, 11) is 1.83. The Kier molecular flexibility index (Phi) is 3.69. The van der Waals surface area contributed by atoms with Crippen LogP contribution < -0.4 is 16.8 Å². The maximum atomic E-state index is 11.2. The van der Waals surface area contributed by atoms with Crippen LogP contribution >= 0.6 is 0 Å². The van der Waals surface area contributed by atoms with E-state index in [4.69, 9.17) is 11.5 Å². The molecular weight excluding hydrogens is 258 g/mol. The van der Waals surface area contributed by atoms with Crippen LogP contribution in [-0.2, 0) is 13.6 Å². The zero-order chi connectivity index (χ0) is 14.7. The normalized spacial score (nSPS) is 10.2. The largest absolute Gasteiger partial charge is 0.379 e. The lowest BCUT2D eigenvalue weighted by Crippen LogP contribution is -2.16. The Hall–Kier alpha value is -2.83. The van der Waals surface area contributed by atoms with Gasteiger partial charge in [0.1, 0.15) is 0 Å². The molecule has 104 valence electrons. The van der Waals surface area contributed by atoms with E-state index < -0.39 is 11.8 Å². The van der Waals surface area contributed by atoms with Gasteiger partial charge in [-0.25, -0.2) is 0 Å². The van der Waals surface area contributed by atoms with Gasteiger partial charge in [0.25, 0.3) is 0 Å². The molecule has 0 saturated heterocycles. The molecule has 0 spiro atoms. The zero-order valence-electron chi connectivity index (χ0n) is 11.0. The Bertz CT molecular complexity index is 630. The maximum absolute atomic E-state index is 11.2. The van der Waals surface area contributed by atoms with Gasteiger partial charge in [0.2, 0.25) is 11.8 Å². The average Bonchev–Trinajstić information content (AvgIpc) is 2.81. The van der Waals surface area contributed by atoms with Crippen LogP contribution in [0.1, 0.15) is 26.4 Å². The number of amides is 2. The Labute approximate surface area is 115 Å². The first kappa shape index (κ1) is 13.6. The van der Waals surface area contributed by atoms with Crippen molar-refractivity contribution in [2.24, 2.45) is 18.5 Å². The maximum Gasteiger partial charge on any atom is 0.248 e. The number of nitrogens with one attached hydrogen (secondary N) is 1. The molecule has 0 saturated carbocycles. The summed E-state index contributed by atoms with van der Waals surface area (Å²) in [6, 6.07) is 6.39. The number of nitrogens with two attached hydrogens (primary N) is 2. The molecule has 0 fully saturated rings. The Morgan fingerprint density at radius 1 is 1.20 bits per heavy atom. The molecule has 2 rings (SSSR count). The first-order chi connectivity index (χ1) is 9.47. The molecule has 0 bridgehead atoms. The van der Waals surface area contributed by atoms with E-state index in [9.17, 15) is 9.59 Å². The lowest BCUT2D eigenvalue weighted by molar-refractivity contribution is 0.0999. The van der Waals surface area contributed by atoms with Crippen molar-refractivity contribution in [3.63, 3.8) is 0 Å². The minimum atomic E-state index is -0.614. The molecule has 0 aliphatic heterocycles. The number of anilines is 1. The fraction of sp³-hybridized carbons (Fsp3) is 0.154. The van der Waals surface area contributed by atoms with E-state index >= 15 is 0 Å². The standard InChI is InChI=1S/C13H15N5O2/c1-18-11(2-3-17-18)7-16-10-5-8(12(14)19)4-9(6-10)13(15)20/h2-6,16H,7H2,1H3,(H2,14,19)(H2,15,20). The number of hydrogen-bond donors (Lipinski definition) is 3. The van der Waals surface area contributed by atoms with Crippen LogP contribution in [0.3, 0.4) is 0 Å². The SMILES string of the molecule is Cn1nccc1CNc1cc(C(N)=O)cc(C(N)=O)c1. The molecular formula is C13H15N5O2. The molecule has 1 aromatic heterocycles. The van der Waals surface area contributed by atoms with Gasteiger partial charge in [-0.15, -0.1) is 0 Å². The highest BCUT2D eigenvalue weighted by atomic mass is 16.1. The molecule has 5 N–H and O–H groups in total. The predicted molar refractivity (Wildman–Crippen MR) is 74.0 cm³/mol. The molecule has 0 atom stereocenters. The number of rotatable bonds is 5. The third kappa shape index (κ3) is 2.94. The quantitative estimate of drug-likeness (QED) is 0.723. The molecule has 2 aromatic rings. The van der Waals surface area contributed by atoms with Gasteiger partial charge in [0, 0.05) is 30.1 Å². The van der Waals surface area contributed by atoms with Crippen molar-refractivity contribution in [3.05, 3.63) is 47.3 Å². The summed E-state index contributed by atoms with van der Waals surface area (Å²) in [4.78, 5) is 22.5. The summed E-state index contributed by atoms with van der Waals surface area (Å²) in [5.74, 6) is -1.23. The van der Waals surface area contributed by atoms with E-state index in [0.717, 1.165) is 5.69 Å². The highest BCUT2D eigenvalue weighted by Gasteiger charge is 2.09. The van der Waals surface area contributed by atoms with E-state index in [1.807, 2.05) is 13.1 Å². The number of hydrogen-bond acceptors (Lipinski definition) is 4. The molecule has 7 nitrogen and oxygen atoms in total. The van der Waals surface area contributed by atoms with E-state index in [-0.39, 0.29) is 11.1 Å². The predicted octanol–water partition coefficient (Wildman–Crippen LogP) is 0.230. The van der Waals surface area contributed by atoms with E-state index in [2.05, 4.69) is 10.4 Å². The summed E-state index contributed by atoms with van der Waals surface area (Å²) in [6.07, 6.45) is 1.69. The molecule has 20 heavy (non-hydrogen) atoms. The minimum absolute atomic E-state index is 0.230. The van der Waals surface area contributed by atoms with Gasteiger partial charge in [-0.05, 0) is 24.3 Å². The zero-order valence-corrected chi connectivity index (χ0v) is 11.0. The van der Waals surface area contributed by atoms with Crippen LogP contribution in [0.5, 0.6) is 0 Å². The van der Waals surface area contributed by atoms with Crippen molar-refractivity contribution >= 4 is 17.5 Å². The van der Waals surface area contributed by atoms with E-state index in [1.165, 1.54) is 6.07 Å². The second-order valence-corrected chi connectivity index (χ2v) is 4.33. The topological polar surface area (TPSA) is 116 Å². The Morgan fingerprint density at radius 3 is 2.25 bits per heavy atom. The number of nitrogens with zero attached hydrogens (tertiary/aromatic N) is 2. The second kappa shape index (κ2) is 5.43. The van der Waals surface area contributed by atoms with Crippen molar-refractivity contribution in [1.29, 1.82) is 0 Å². The molecule has 1 aromatic carbocycles.